The minimum absolute atomic E-state index is 0.0333. The van der Waals surface area contributed by atoms with Gasteiger partial charge in [0.2, 0.25) is 5.91 Å². The first-order chi connectivity index (χ1) is 11.2. The number of hydrogen-bond acceptors (Lipinski definition) is 4. The summed E-state index contributed by atoms with van der Waals surface area (Å²) in [6, 6.07) is -0.110. The number of fused-ring (bicyclic) bond motifs is 1. The molecule has 4 rings (SSSR count). The molecule has 1 aromatic rings. The van der Waals surface area contributed by atoms with E-state index in [1.165, 1.54) is 0 Å². The molecule has 1 saturated carbocycles. The van der Waals surface area contributed by atoms with Crippen molar-refractivity contribution in [3.05, 3.63) is 17.5 Å². The van der Waals surface area contributed by atoms with Crippen molar-refractivity contribution in [1.82, 2.24) is 25.3 Å². The van der Waals surface area contributed by atoms with E-state index >= 15 is 0 Å². The lowest BCUT2D eigenvalue weighted by molar-refractivity contribution is -0.126. The number of carbonyl (C=O) groups is 2. The number of piperazine rings is 1. The van der Waals surface area contributed by atoms with Crippen molar-refractivity contribution in [2.75, 3.05) is 19.6 Å². The number of nitrogens with one attached hydrogen (secondary N) is 2. The molecule has 0 radical (unpaired) electrons. The van der Waals surface area contributed by atoms with Gasteiger partial charge in [0.15, 0.2) is 0 Å². The average Bonchev–Trinajstić information content (AvgIpc) is 3.30. The molecule has 124 valence electrons. The zero-order valence-electron chi connectivity index (χ0n) is 13.3. The predicted molar refractivity (Wildman–Crippen MR) is 84.0 cm³/mol. The summed E-state index contributed by atoms with van der Waals surface area (Å²) in [6.45, 7) is 2.69. The minimum atomic E-state index is -0.420. The lowest BCUT2D eigenvalue weighted by Crippen LogP contribution is -2.59. The maximum Gasteiger partial charge on any atom is 0.258 e. The fourth-order valence-corrected chi connectivity index (χ4v) is 3.46. The molecular weight excluding hydrogens is 294 g/mol. The average molecular weight is 317 g/mol. The van der Waals surface area contributed by atoms with Gasteiger partial charge in [-0.05, 0) is 32.1 Å². The number of amides is 2. The summed E-state index contributed by atoms with van der Waals surface area (Å²) in [4.78, 5) is 27.2. The normalized spacial score (nSPS) is 24.2. The third kappa shape index (κ3) is 2.85. The van der Waals surface area contributed by atoms with Crippen molar-refractivity contribution in [3.8, 4) is 0 Å². The molecule has 0 aromatic carbocycles. The quantitative estimate of drug-likeness (QED) is 0.817. The van der Waals surface area contributed by atoms with E-state index < -0.39 is 6.04 Å². The van der Waals surface area contributed by atoms with E-state index in [1.54, 1.807) is 11.1 Å². The van der Waals surface area contributed by atoms with Crippen molar-refractivity contribution in [1.29, 1.82) is 0 Å². The van der Waals surface area contributed by atoms with Crippen LogP contribution in [0.25, 0.3) is 0 Å². The van der Waals surface area contributed by atoms with Crippen LogP contribution in [-0.2, 0) is 17.8 Å². The zero-order valence-corrected chi connectivity index (χ0v) is 13.3. The van der Waals surface area contributed by atoms with E-state index in [0.29, 0.717) is 24.7 Å². The third-order valence-electron chi connectivity index (χ3n) is 4.94. The maximum atomic E-state index is 13.0. The van der Waals surface area contributed by atoms with Crippen molar-refractivity contribution >= 4 is 11.8 Å². The number of aryl methyl sites for hydroxylation is 1. The van der Waals surface area contributed by atoms with E-state index in [0.717, 1.165) is 50.9 Å². The van der Waals surface area contributed by atoms with Crippen molar-refractivity contribution < 1.29 is 9.59 Å². The fraction of sp³-hybridized carbons (Fsp3) is 0.688. The SMILES string of the molecule is O=C(NC1CC1)C1CNCCN1C(=O)c1cnn2c1CCCC2. The highest BCUT2D eigenvalue weighted by molar-refractivity contribution is 5.98. The molecular formula is C16H23N5O2. The van der Waals surface area contributed by atoms with E-state index in [4.69, 9.17) is 0 Å². The standard InChI is InChI=1S/C16H23N5O2/c22-15(19-11-4-5-11)14-10-17-6-8-20(14)16(23)12-9-18-21-7-2-1-3-13(12)21/h9,11,14,17H,1-8,10H2,(H,19,22). The van der Waals surface area contributed by atoms with Gasteiger partial charge < -0.3 is 15.5 Å². The molecule has 7 heteroatoms. The van der Waals surface area contributed by atoms with Crippen LogP contribution in [-0.4, -0.2) is 58.2 Å². The molecule has 7 nitrogen and oxygen atoms in total. The predicted octanol–water partition coefficient (Wildman–Crippen LogP) is -0.0880. The van der Waals surface area contributed by atoms with Gasteiger partial charge in [-0.15, -0.1) is 0 Å². The Morgan fingerprint density at radius 3 is 2.96 bits per heavy atom. The molecule has 23 heavy (non-hydrogen) atoms. The Bertz CT molecular complexity index is 622. The van der Waals surface area contributed by atoms with E-state index in [-0.39, 0.29) is 11.8 Å². The van der Waals surface area contributed by atoms with Gasteiger partial charge in [-0.25, -0.2) is 0 Å². The molecule has 2 fully saturated rings. The van der Waals surface area contributed by atoms with Gasteiger partial charge in [0.1, 0.15) is 6.04 Å². The number of aromatic nitrogens is 2. The summed E-state index contributed by atoms with van der Waals surface area (Å²) in [5.74, 6) is -0.0836. The van der Waals surface area contributed by atoms with Crippen LogP contribution in [0.2, 0.25) is 0 Å². The van der Waals surface area contributed by atoms with Crippen molar-refractivity contribution in [3.63, 3.8) is 0 Å². The minimum Gasteiger partial charge on any atom is -0.352 e. The second-order valence-electron chi connectivity index (χ2n) is 6.69. The molecule has 1 aromatic heterocycles. The zero-order chi connectivity index (χ0) is 15.8. The van der Waals surface area contributed by atoms with Crippen molar-refractivity contribution in [2.45, 2.75) is 50.7 Å². The van der Waals surface area contributed by atoms with Crippen LogP contribution >= 0.6 is 0 Å². The molecule has 1 aliphatic carbocycles. The molecule has 2 amide bonds. The van der Waals surface area contributed by atoms with Gasteiger partial charge in [0.05, 0.1) is 17.5 Å². The summed E-state index contributed by atoms with van der Waals surface area (Å²) in [7, 11) is 0. The van der Waals surface area contributed by atoms with Gasteiger partial charge in [0.25, 0.3) is 5.91 Å². The molecule has 0 bridgehead atoms. The van der Waals surface area contributed by atoms with E-state index in [9.17, 15) is 9.59 Å². The van der Waals surface area contributed by atoms with Crippen LogP contribution in [0.4, 0.5) is 0 Å². The van der Waals surface area contributed by atoms with Gasteiger partial charge in [-0.3, -0.25) is 14.3 Å². The Hall–Kier alpha value is -1.89. The van der Waals surface area contributed by atoms with Crippen LogP contribution in [0.3, 0.4) is 0 Å². The van der Waals surface area contributed by atoms with Crippen molar-refractivity contribution in [2.24, 2.45) is 0 Å². The summed E-state index contributed by atoms with van der Waals surface area (Å²) < 4.78 is 1.94. The van der Waals surface area contributed by atoms with Gasteiger partial charge in [-0.2, -0.15) is 5.10 Å². The molecule has 1 unspecified atom stereocenters. The first kappa shape index (κ1) is 14.7. The number of rotatable bonds is 3. The second kappa shape index (κ2) is 5.96. The van der Waals surface area contributed by atoms with Gasteiger partial charge >= 0.3 is 0 Å². The van der Waals surface area contributed by atoms with Crippen LogP contribution in [0.15, 0.2) is 6.20 Å². The third-order valence-corrected chi connectivity index (χ3v) is 4.94. The molecule has 2 N–H and O–H groups in total. The Kier molecular flexibility index (Phi) is 3.80. The first-order valence-corrected chi connectivity index (χ1v) is 8.61. The van der Waals surface area contributed by atoms with Crippen LogP contribution < -0.4 is 10.6 Å². The topological polar surface area (TPSA) is 79.3 Å². The van der Waals surface area contributed by atoms with E-state index in [1.807, 2.05) is 4.68 Å². The Morgan fingerprint density at radius 1 is 1.26 bits per heavy atom. The van der Waals surface area contributed by atoms with Gasteiger partial charge in [-0.1, -0.05) is 0 Å². The molecule has 3 heterocycles. The first-order valence-electron chi connectivity index (χ1n) is 8.61. The number of hydrogen-bond donors (Lipinski definition) is 2. The lowest BCUT2D eigenvalue weighted by atomic mass is 10.0. The molecule has 1 saturated heterocycles. The number of nitrogens with zero attached hydrogens (tertiary/aromatic N) is 3. The summed E-state index contributed by atoms with van der Waals surface area (Å²) in [5.41, 5.74) is 1.71. The monoisotopic (exact) mass is 317 g/mol. The van der Waals surface area contributed by atoms with Crippen LogP contribution in [0, 0.1) is 0 Å². The summed E-state index contributed by atoms with van der Waals surface area (Å²) in [5, 5.41) is 10.6. The Balaban J connectivity index is 1.55. The van der Waals surface area contributed by atoms with Gasteiger partial charge in [0, 0.05) is 32.2 Å². The molecule has 3 aliphatic rings. The number of carbonyl (C=O) groups excluding carboxylic acids is 2. The molecule has 0 spiro atoms. The second-order valence-corrected chi connectivity index (χ2v) is 6.69. The lowest BCUT2D eigenvalue weighted by Gasteiger charge is -2.35. The molecule has 2 aliphatic heterocycles. The highest BCUT2D eigenvalue weighted by atomic mass is 16.2. The largest absolute Gasteiger partial charge is 0.352 e. The van der Waals surface area contributed by atoms with Crippen LogP contribution in [0.5, 0.6) is 0 Å². The van der Waals surface area contributed by atoms with E-state index in [2.05, 4.69) is 15.7 Å². The smallest absolute Gasteiger partial charge is 0.258 e. The summed E-state index contributed by atoms with van der Waals surface area (Å²) >= 11 is 0. The Morgan fingerprint density at radius 2 is 2.13 bits per heavy atom. The highest BCUT2D eigenvalue weighted by Gasteiger charge is 2.36. The maximum absolute atomic E-state index is 13.0. The summed E-state index contributed by atoms with van der Waals surface area (Å²) in [6.07, 6.45) is 6.89. The molecule has 1 atom stereocenters. The highest BCUT2D eigenvalue weighted by Crippen LogP contribution is 2.22. The fourth-order valence-electron chi connectivity index (χ4n) is 3.46. The Labute approximate surface area is 135 Å². The van der Waals surface area contributed by atoms with Crippen LogP contribution in [0.1, 0.15) is 41.7 Å².